The first-order valence-electron chi connectivity index (χ1n) is 11.1. The molecule has 2 aromatic rings. The summed E-state index contributed by atoms with van der Waals surface area (Å²) in [6, 6.07) is 9.24. The van der Waals surface area contributed by atoms with E-state index in [1.807, 2.05) is 13.0 Å². The van der Waals surface area contributed by atoms with E-state index in [9.17, 15) is 18.4 Å². The highest BCUT2D eigenvalue weighted by Crippen LogP contribution is 2.46. The molecule has 1 saturated heterocycles. The van der Waals surface area contributed by atoms with E-state index >= 15 is 0 Å². The average molecular weight is 427 g/mol. The summed E-state index contributed by atoms with van der Waals surface area (Å²) in [4.78, 5) is 27.0. The Labute approximate surface area is 181 Å². The Morgan fingerprint density at radius 2 is 1.55 bits per heavy atom. The van der Waals surface area contributed by atoms with Gasteiger partial charge in [-0.25, -0.2) is 8.78 Å². The van der Waals surface area contributed by atoms with Crippen molar-refractivity contribution in [2.75, 3.05) is 0 Å². The van der Waals surface area contributed by atoms with Gasteiger partial charge in [0.05, 0.1) is 0 Å². The van der Waals surface area contributed by atoms with E-state index in [0.29, 0.717) is 30.4 Å². The molecule has 31 heavy (non-hydrogen) atoms. The average Bonchev–Trinajstić information content (AvgIpc) is 2.75. The van der Waals surface area contributed by atoms with Crippen molar-refractivity contribution in [2.24, 2.45) is 0 Å². The fraction of sp³-hybridized carbons (Fsp3) is 0.462. The summed E-state index contributed by atoms with van der Waals surface area (Å²) >= 11 is 0. The molecular formula is C26H28F2O3. The second-order valence-electron chi connectivity index (χ2n) is 9.22. The number of rotatable bonds is 3. The van der Waals surface area contributed by atoms with Crippen LogP contribution in [-0.2, 0) is 20.7 Å². The molecule has 2 aliphatic rings. The summed E-state index contributed by atoms with van der Waals surface area (Å²) in [5.74, 6) is -3.02. The van der Waals surface area contributed by atoms with Crippen LogP contribution < -0.4 is 0 Å². The van der Waals surface area contributed by atoms with Gasteiger partial charge in [0.15, 0.2) is 23.2 Å². The minimum absolute atomic E-state index is 0.133. The SMILES string of the molecule is CCc1cc(-c2ccc(F)c(F)c2)ccc1C1C(=O)C(C)(C)OC2(CCCCC2)C1=O. The van der Waals surface area contributed by atoms with Crippen molar-refractivity contribution < 1.29 is 23.1 Å². The predicted molar refractivity (Wildman–Crippen MR) is 115 cm³/mol. The molecule has 1 atom stereocenters. The lowest BCUT2D eigenvalue weighted by Gasteiger charge is -2.48. The Kier molecular flexibility index (Phi) is 5.59. The fourth-order valence-corrected chi connectivity index (χ4v) is 5.12. The Bertz CT molecular complexity index is 1030. The number of benzene rings is 2. The molecule has 1 saturated carbocycles. The van der Waals surface area contributed by atoms with Gasteiger partial charge in [0.25, 0.3) is 0 Å². The molecule has 0 amide bonds. The highest BCUT2D eigenvalue weighted by atomic mass is 19.2. The summed E-state index contributed by atoms with van der Waals surface area (Å²) < 4.78 is 33.3. The minimum atomic E-state index is -1.04. The number of hydrogen-bond donors (Lipinski definition) is 0. The van der Waals surface area contributed by atoms with Crippen molar-refractivity contribution >= 4 is 11.6 Å². The monoisotopic (exact) mass is 426 g/mol. The van der Waals surface area contributed by atoms with Crippen LogP contribution >= 0.6 is 0 Å². The Hall–Kier alpha value is -2.40. The van der Waals surface area contributed by atoms with Gasteiger partial charge in [-0.15, -0.1) is 0 Å². The van der Waals surface area contributed by atoms with Crippen LogP contribution in [-0.4, -0.2) is 22.8 Å². The van der Waals surface area contributed by atoms with Gasteiger partial charge >= 0.3 is 0 Å². The lowest BCUT2D eigenvalue weighted by atomic mass is 9.68. The van der Waals surface area contributed by atoms with Gasteiger partial charge in [-0.2, -0.15) is 0 Å². The molecule has 3 nitrogen and oxygen atoms in total. The first kappa shape index (κ1) is 21.8. The third-order valence-electron chi connectivity index (χ3n) is 6.77. The first-order valence-corrected chi connectivity index (χ1v) is 11.1. The van der Waals surface area contributed by atoms with E-state index in [1.165, 1.54) is 6.07 Å². The normalized spacial score (nSPS) is 22.7. The molecule has 0 N–H and O–H groups in total. The topological polar surface area (TPSA) is 43.4 Å². The summed E-state index contributed by atoms with van der Waals surface area (Å²) in [5, 5.41) is 0. The zero-order valence-electron chi connectivity index (χ0n) is 18.3. The highest BCUT2D eigenvalue weighted by Gasteiger charge is 2.57. The van der Waals surface area contributed by atoms with Crippen LogP contribution in [0, 0.1) is 11.6 Å². The maximum Gasteiger partial charge on any atom is 0.179 e. The number of carbonyl (C=O) groups excluding carboxylic acids is 2. The van der Waals surface area contributed by atoms with E-state index < -0.39 is 28.8 Å². The molecule has 1 aliphatic heterocycles. The largest absolute Gasteiger partial charge is 0.353 e. The third-order valence-corrected chi connectivity index (χ3v) is 6.77. The second-order valence-corrected chi connectivity index (χ2v) is 9.22. The number of halogens is 2. The van der Waals surface area contributed by atoms with Gasteiger partial charge in [0.1, 0.15) is 17.1 Å². The molecule has 2 aromatic carbocycles. The minimum Gasteiger partial charge on any atom is -0.353 e. The Morgan fingerprint density at radius 3 is 2.19 bits per heavy atom. The highest BCUT2D eigenvalue weighted by molar-refractivity contribution is 6.15. The summed E-state index contributed by atoms with van der Waals surface area (Å²) in [6.45, 7) is 5.47. The van der Waals surface area contributed by atoms with Gasteiger partial charge in [-0.05, 0) is 67.5 Å². The lowest BCUT2D eigenvalue weighted by molar-refractivity contribution is -0.197. The van der Waals surface area contributed by atoms with Crippen LogP contribution in [0.3, 0.4) is 0 Å². The summed E-state index contributed by atoms with van der Waals surface area (Å²) in [7, 11) is 0. The molecule has 2 fully saturated rings. The number of carbonyl (C=O) groups is 2. The maximum absolute atomic E-state index is 13.7. The maximum atomic E-state index is 13.7. The Balaban J connectivity index is 1.78. The summed E-state index contributed by atoms with van der Waals surface area (Å²) in [5.41, 5.74) is 0.888. The zero-order chi connectivity index (χ0) is 22.4. The Morgan fingerprint density at radius 1 is 0.903 bits per heavy atom. The van der Waals surface area contributed by atoms with E-state index in [1.54, 1.807) is 26.0 Å². The van der Waals surface area contributed by atoms with Crippen molar-refractivity contribution in [2.45, 2.75) is 76.4 Å². The molecule has 0 aromatic heterocycles. The van der Waals surface area contributed by atoms with Gasteiger partial charge in [0, 0.05) is 0 Å². The third kappa shape index (κ3) is 3.73. The molecular weight excluding hydrogens is 398 g/mol. The standard InChI is InChI=1S/C26H28F2O3/c1-4-16-14-17(18-9-11-20(27)21(28)15-18)8-10-19(16)22-23(29)25(2,3)31-26(24(22)30)12-6-5-7-13-26/h8-11,14-15,22H,4-7,12-13H2,1-3H3. The van der Waals surface area contributed by atoms with Gasteiger partial charge < -0.3 is 4.74 Å². The number of ketones is 2. The number of aryl methyl sites for hydroxylation is 1. The molecule has 4 rings (SSSR count). The van der Waals surface area contributed by atoms with Crippen molar-refractivity contribution in [1.29, 1.82) is 0 Å². The summed E-state index contributed by atoms with van der Waals surface area (Å²) in [6.07, 6.45) is 4.80. The van der Waals surface area contributed by atoms with E-state index in [-0.39, 0.29) is 11.6 Å². The van der Waals surface area contributed by atoms with Crippen LogP contribution in [0.15, 0.2) is 36.4 Å². The fourth-order valence-electron chi connectivity index (χ4n) is 5.12. The van der Waals surface area contributed by atoms with Crippen molar-refractivity contribution in [3.8, 4) is 11.1 Å². The number of Topliss-reactive ketones (excluding diaryl/α,β-unsaturated/α-hetero) is 2. The number of ether oxygens (including phenoxy) is 1. The van der Waals surface area contributed by atoms with Crippen LogP contribution in [0.5, 0.6) is 0 Å². The van der Waals surface area contributed by atoms with E-state index in [0.717, 1.165) is 42.5 Å². The molecule has 5 heteroatoms. The molecule has 1 heterocycles. The molecule has 164 valence electrons. The number of hydrogen-bond acceptors (Lipinski definition) is 3. The van der Waals surface area contributed by atoms with E-state index in [4.69, 9.17) is 4.74 Å². The van der Waals surface area contributed by atoms with Crippen LogP contribution in [0.1, 0.15) is 69.9 Å². The molecule has 0 bridgehead atoms. The molecule has 1 spiro atoms. The van der Waals surface area contributed by atoms with Crippen LogP contribution in [0.2, 0.25) is 0 Å². The molecule has 1 unspecified atom stereocenters. The van der Waals surface area contributed by atoms with Crippen LogP contribution in [0.25, 0.3) is 11.1 Å². The van der Waals surface area contributed by atoms with Crippen molar-refractivity contribution in [3.05, 3.63) is 59.2 Å². The smallest absolute Gasteiger partial charge is 0.179 e. The van der Waals surface area contributed by atoms with Crippen molar-refractivity contribution in [1.82, 2.24) is 0 Å². The first-order chi connectivity index (χ1) is 14.7. The van der Waals surface area contributed by atoms with Crippen molar-refractivity contribution in [3.63, 3.8) is 0 Å². The molecule has 0 radical (unpaired) electrons. The van der Waals surface area contributed by atoms with Gasteiger partial charge in [-0.1, -0.05) is 50.5 Å². The van der Waals surface area contributed by atoms with Gasteiger partial charge in [0.2, 0.25) is 0 Å². The van der Waals surface area contributed by atoms with Crippen LogP contribution in [0.4, 0.5) is 8.78 Å². The van der Waals surface area contributed by atoms with E-state index in [2.05, 4.69) is 0 Å². The predicted octanol–water partition coefficient (Wildman–Crippen LogP) is 5.93. The lowest BCUT2D eigenvalue weighted by Crippen LogP contribution is -2.61. The molecule has 1 aliphatic carbocycles. The quantitative estimate of drug-likeness (QED) is 0.572. The zero-order valence-corrected chi connectivity index (χ0v) is 18.3. The van der Waals surface area contributed by atoms with Gasteiger partial charge in [-0.3, -0.25) is 9.59 Å². The second kappa shape index (κ2) is 7.94.